The van der Waals surface area contributed by atoms with Gasteiger partial charge in [0.2, 0.25) is 5.75 Å². The van der Waals surface area contributed by atoms with E-state index in [4.69, 9.17) is 13.9 Å². The molecule has 5 heteroatoms. The molecule has 0 amide bonds. The number of furan rings is 1. The molecule has 2 aromatic rings. The van der Waals surface area contributed by atoms with Crippen molar-refractivity contribution in [2.24, 2.45) is 0 Å². The van der Waals surface area contributed by atoms with Crippen LogP contribution in [0.15, 0.2) is 10.5 Å². The largest absolute Gasteiger partial charge is 0.493 e. The number of hydrogen-bond acceptors (Lipinski definition) is 4. The molecular formula is C19H27O4Si. The number of carbonyl (C=O) groups is 1. The van der Waals surface area contributed by atoms with Crippen LogP contribution in [-0.2, 0) is 5.41 Å². The molecule has 0 N–H and O–H groups in total. The number of methoxy groups -OCH3 is 1. The van der Waals surface area contributed by atoms with E-state index in [1.54, 1.807) is 7.11 Å². The second kappa shape index (κ2) is 6.63. The Balaban J connectivity index is 2.99. The molecule has 0 saturated carbocycles. The highest BCUT2D eigenvalue weighted by molar-refractivity contribution is 6.73. The van der Waals surface area contributed by atoms with E-state index >= 15 is 0 Å². The summed E-state index contributed by atoms with van der Waals surface area (Å²) in [5, 5.41) is 2.01. The van der Waals surface area contributed by atoms with Gasteiger partial charge in [0.15, 0.2) is 17.6 Å². The van der Waals surface area contributed by atoms with Crippen LogP contribution in [0.5, 0.6) is 11.5 Å². The predicted octanol–water partition coefficient (Wildman–Crippen LogP) is 4.30. The van der Waals surface area contributed by atoms with Crippen LogP contribution in [0.4, 0.5) is 0 Å². The van der Waals surface area contributed by atoms with Crippen LogP contribution in [-0.4, -0.2) is 28.3 Å². The first-order valence-corrected chi connectivity index (χ1v) is 10.7. The predicted molar refractivity (Wildman–Crippen MR) is 99.7 cm³/mol. The van der Waals surface area contributed by atoms with Gasteiger partial charge in [-0.15, -0.1) is 0 Å². The highest BCUT2D eigenvalue weighted by Gasteiger charge is 2.30. The normalized spacial score (nSPS) is 12.2. The highest BCUT2D eigenvalue weighted by atomic mass is 28.3. The van der Waals surface area contributed by atoms with Crippen molar-refractivity contribution >= 4 is 31.2 Å². The average molecular weight is 348 g/mol. The van der Waals surface area contributed by atoms with Crippen LogP contribution in [0.25, 0.3) is 11.0 Å². The van der Waals surface area contributed by atoms with Crippen molar-refractivity contribution in [3.63, 3.8) is 0 Å². The molecule has 2 rings (SSSR count). The Morgan fingerprint density at radius 1 is 1.25 bits per heavy atom. The maximum atomic E-state index is 11.9. The standard InChI is InChI=1S/C19H27O4Si/c1-11(2)22-16-13(21-6)9-14(24(7)8)15-12(10-20)18(19(3,4)5)23-17(15)16/h9-11H,1-8H3. The number of hydrogen-bond donors (Lipinski definition) is 0. The van der Waals surface area contributed by atoms with E-state index in [1.165, 1.54) is 0 Å². The fourth-order valence-corrected chi connectivity index (χ4v) is 3.98. The van der Waals surface area contributed by atoms with Crippen LogP contribution in [0, 0.1) is 0 Å². The third-order valence-electron chi connectivity index (χ3n) is 3.83. The Morgan fingerprint density at radius 3 is 2.29 bits per heavy atom. The molecule has 131 valence electrons. The molecule has 0 spiro atoms. The van der Waals surface area contributed by atoms with E-state index in [0.717, 1.165) is 16.9 Å². The van der Waals surface area contributed by atoms with Gasteiger partial charge in [-0.25, -0.2) is 0 Å². The summed E-state index contributed by atoms with van der Waals surface area (Å²) in [7, 11) is 0.797. The maximum absolute atomic E-state index is 11.9. The van der Waals surface area contributed by atoms with Gasteiger partial charge in [-0.05, 0) is 25.1 Å². The van der Waals surface area contributed by atoms with Crippen LogP contribution in [0.2, 0.25) is 13.1 Å². The molecular weight excluding hydrogens is 320 g/mol. The van der Waals surface area contributed by atoms with E-state index in [0.29, 0.717) is 28.4 Å². The summed E-state index contributed by atoms with van der Waals surface area (Å²) < 4.78 is 17.7. The molecule has 0 bridgehead atoms. The maximum Gasteiger partial charge on any atom is 0.205 e. The molecule has 0 aliphatic heterocycles. The van der Waals surface area contributed by atoms with Gasteiger partial charge < -0.3 is 13.9 Å². The highest BCUT2D eigenvalue weighted by Crippen LogP contribution is 2.42. The number of ether oxygens (including phenoxy) is 2. The molecule has 1 radical (unpaired) electrons. The smallest absolute Gasteiger partial charge is 0.205 e. The third-order valence-corrected chi connectivity index (χ3v) is 5.30. The lowest BCUT2D eigenvalue weighted by Crippen LogP contribution is -2.25. The van der Waals surface area contributed by atoms with Gasteiger partial charge in [-0.2, -0.15) is 0 Å². The summed E-state index contributed by atoms with van der Waals surface area (Å²) in [6.45, 7) is 14.4. The zero-order valence-corrected chi connectivity index (χ0v) is 16.9. The van der Waals surface area contributed by atoms with Crippen molar-refractivity contribution in [3.05, 3.63) is 17.4 Å². The molecule has 0 aliphatic rings. The molecule has 1 aromatic carbocycles. The van der Waals surface area contributed by atoms with Crippen LogP contribution in [0.1, 0.15) is 50.7 Å². The number of benzene rings is 1. The summed E-state index contributed by atoms with van der Waals surface area (Å²) >= 11 is 0. The summed E-state index contributed by atoms with van der Waals surface area (Å²) in [5.74, 6) is 1.93. The zero-order chi connectivity index (χ0) is 18.2. The third kappa shape index (κ3) is 3.22. The molecule has 0 saturated heterocycles. The van der Waals surface area contributed by atoms with Crippen molar-refractivity contribution in [2.45, 2.75) is 59.2 Å². The van der Waals surface area contributed by atoms with Crippen molar-refractivity contribution in [1.82, 2.24) is 0 Å². The van der Waals surface area contributed by atoms with Gasteiger partial charge in [0.25, 0.3) is 0 Å². The number of carbonyl (C=O) groups excluding carboxylic acids is 1. The van der Waals surface area contributed by atoms with Crippen LogP contribution in [0.3, 0.4) is 0 Å². The first kappa shape index (κ1) is 18.6. The average Bonchev–Trinajstić information content (AvgIpc) is 2.86. The lowest BCUT2D eigenvalue weighted by Gasteiger charge is -2.16. The quantitative estimate of drug-likeness (QED) is 0.598. The Labute approximate surface area is 145 Å². The first-order chi connectivity index (χ1) is 11.1. The summed E-state index contributed by atoms with van der Waals surface area (Å²) in [4.78, 5) is 11.9. The lowest BCUT2D eigenvalue weighted by molar-refractivity contribution is 0.112. The monoisotopic (exact) mass is 347 g/mol. The minimum Gasteiger partial charge on any atom is -0.493 e. The summed E-state index contributed by atoms with van der Waals surface area (Å²) in [6.07, 6.45) is 0.885. The minimum absolute atomic E-state index is 0.0242. The molecule has 4 nitrogen and oxygen atoms in total. The van der Waals surface area contributed by atoms with Gasteiger partial charge in [-0.3, -0.25) is 4.79 Å². The van der Waals surface area contributed by atoms with Gasteiger partial charge in [-0.1, -0.05) is 33.9 Å². The lowest BCUT2D eigenvalue weighted by atomic mass is 9.90. The Hall–Kier alpha value is -1.75. The summed E-state index contributed by atoms with van der Waals surface area (Å²) in [5.41, 5.74) is 0.981. The second-order valence-electron chi connectivity index (χ2n) is 7.54. The fourth-order valence-electron chi connectivity index (χ4n) is 2.81. The topological polar surface area (TPSA) is 48.7 Å². The van der Waals surface area contributed by atoms with Crippen molar-refractivity contribution in [2.75, 3.05) is 7.11 Å². The van der Waals surface area contributed by atoms with Gasteiger partial charge >= 0.3 is 0 Å². The Bertz CT molecular complexity index is 751. The van der Waals surface area contributed by atoms with E-state index in [1.807, 2.05) is 40.7 Å². The number of aldehydes is 1. The van der Waals surface area contributed by atoms with E-state index in [2.05, 4.69) is 13.1 Å². The number of fused-ring (bicyclic) bond motifs is 1. The fraction of sp³-hybridized carbons (Fsp3) is 0.526. The molecule has 0 atom stereocenters. The van der Waals surface area contributed by atoms with Crippen LogP contribution >= 0.6 is 0 Å². The van der Waals surface area contributed by atoms with E-state index in [-0.39, 0.29) is 11.5 Å². The number of rotatable bonds is 5. The van der Waals surface area contributed by atoms with Gasteiger partial charge in [0.05, 0.1) is 27.6 Å². The molecule has 24 heavy (non-hydrogen) atoms. The zero-order valence-electron chi connectivity index (χ0n) is 15.9. The van der Waals surface area contributed by atoms with Crippen molar-refractivity contribution < 1.29 is 18.7 Å². The second-order valence-corrected chi connectivity index (χ2v) is 10.1. The van der Waals surface area contributed by atoms with Crippen molar-refractivity contribution in [3.8, 4) is 11.5 Å². The van der Waals surface area contributed by atoms with Crippen LogP contribution < -0.4 is 14.7 Å². The Kier molecular flexibility index (Phi) is 5.13. The minimum atomic E-state index is -0.832. The first-order valence-electron chi connectivity index (χ1n) is 8.22. The molecule has 1 aromatic heterocycles. The van der Waals surface area contributed by atoms with Gasteiger partial charge in [0.1, 0.15) is 5.76 Å². The molecule has 0 unspecified atom stereocenters. The SMILES string of the molecule is COc1cc([Si](C)C)c2c(C=O)c(C(C)(C)C)oc2c1OC(C)C. The molecule has 1 heterocycles. The van der Waals surface area contributed by atoms with E-state index < -0.39 is 8.80 Å². The van der Waals surface area contributed by atoms with Crippen molar-refractivity contribution in [1.29, 1.82) is 0 Å². The Morgan fingerprint density at radius 2 is 1.88 bits per heavy atom. The molecule has 0 aliphatic carbocycles. The van der Waals surface area contributed by atoms with E-state index in [9.17, 15) is 4.79 Å². The van der Waals surface area contributed by atoms with Gasteiger partial charge in [0, 0.05) is 10.8 Å². The summed E-state index contributed by atoms with van der Waals surface area (Å²) in [6, 6.07) is 2.00. The molecule has 0 fully saturated rings.